The smallest absolute Gasteiger partial charge is 0.0352 e. The third kappa shape index (κ3) is 4.28. The normalized spacial score (nSPS) is 18.8. The van der Waals surface area contributed by atoms with Crippen molar-refractivity contribution >= 4 is 31.9 Å². The lowest BCUT2D eigenvalue weighted by atomic mass is 9.95. The molecule has 2 rings (SSSR count). The van der Waals surface area contributed by atoms with Gasteiger partial charge in [-0.25, -0.2) is 0 Å². The number of rotatable bonds is 4. The van der Waals surface area contributed by atoms with Gasteiger partial charge in [0.05, 0.1) is 0 Å². The fraction of sp³-hybridized carbons (Fsp3) is 0.600. The summed E-state index contributed by atoms with van der Waals surface area (Å²) >= 11 is 7.18. The molecular weight excluding hydrogens is 368 g/mol. The number of halogens is 2. The van der Waals surface area contributed by atoms with Crippen molar-refractivity contribution in [2.45, 2.75) is 26.3 Å². The molecule has 1 aliphatic heterocycles. The van der Waals surface area contributed by atoms with Gasteiger partial charge in [0.15, 0.2) is 0 Å². The molecule has 1 atom stereocenters. The fourth-order valence-electron chi connectivity index (χ4n) is 2.66. The van der Waals surface area contributed by atoms with Gasteiger partial charge in [-0.2, -0.15) is 0 Å². The molecule has 0 radical (unpaired) electrons. The van der Waals surface area contributed by atoms with E-state index in [4.69, 9.17) is 0 Å². The van der Waals surface area contributed by atoms with Crippen LogP contribution < -0.4 is 5.32 Å². The summed E-state index contributed by atoms with van der Waals surface area (Å²) in [6.45, 7) is 9.11. The topological polar surface area (TPSA) is 15.3 Å². The minimum absolute atomic E-state index is 0.534. The molecule has 0 aliphatic carbocycles. The van der Waals surface area contributed by atoms with Crippen molar-refractivity contribution in [3.63, 3.8) is 0 Å². The summed E-state index contributed by atoms with van der Waals surface area (Å²) in [5.41, 5.74) is 1.42. The number of hydrogen-bond acceptors (Lipinski definition) is 2. The van der Waals surface area contributed by atoms with Gasteiger partial charge in [0, 0.05) is 41.2 Å². The SMILES string of the molecule is CC(C)C[C@H](c1ccc(Br)c(Br)c1)N1CCNCC1. The highest BCUT2D eigenvalue weighted by atomic mass is 79.9. The minimum atomic E-state index is 0.534. The van der Waals surface area contributed by atoms with Crippen LogP contribution in [-0.4, -0.2) is 31.1 Å². The standard InChI is InChI=1S/C15H22Br2N2/c1-11(2)9-15(19-7-5-18-6-8-19)12-3-4-13(16)14(17)10-12/h3-4,10-11,15,18H,5-9H2,1-2H3/t15-/m1/s1. The van der Waals surface area contributed by atoms with Crippen molar-refractivity contribution < 1.29 is 0 Å². The molecule has 1 aliphatic rings. The highest BCUT2D eigenvalue weighted by molar-refractivity contribution is 9.13. The summed E-state index contributed by atoms with van der Waals surface area (Å²) in [7, 11) is 0. The summed E-state index contributed by atoms with van der Waals surface area (Å²) in [6.07, 6.45) is 1.22. The van der Waals surface area contributed by atoms with Crippen molar-refractivity contribution in [3.8, 4) is 0 Å². The van der Waals surface area contributed by atoms with Gasteiger partial charge in [0.25, 0.3) is 0 Å². The van der Waals surface area contributed by atoms with Gasteiger partial charge < -0.3 is 5.32 Å². The van der Waals surface area contributed by atoms with E-state index in [1.54, 1.807) is 0 Å². The van der Waals surface area contributed by atoms with E-state index in [9.17, 15) is 0 Å². The van der Waals surface area contributed by atoms with Crippen LogP contribution in [0.2, 0.25) is 0 Å². The van der Waals surface area contributed by atoms with Crippen LogP contribution in [0, 0.1) is 5.92 Å². The maximum absolute atomic E-state index is 3.63. The monoisotopic (exact) mass is 388 g/mol. The Morgan fingerprint density at radius 2 is 1.84 bits per heavy atom. The Morgan fingerprint density at radius 1 is 1.16 bits per heavy atom. The Labute approximate surface area is 133 Å². The summed E-state index contributed by atoms with van der Waals surface area (Å²) in [5.74, 6) is 0.710. The lowest BCUT2D eigenvalue weighted by molar-refractivity contribution is 0.154. The van der Waals surface area contributed by atoms with Gasteiger partial charge in [0.1, 0.15) is 0 Å². The summed E-state index contributed by atoms with van der Waals surface area (Å²) < 4.78 is 2.27. The highest BCUT2D eigenvalue weighted by Gasteiger charge is 2.23. The molecule has 1 aromatic rings. The van der Waals surface area contributed by atoms with E-state index in [0.29, 0.717) is 12.0 Å². The average molecular weight is 390 g/mol. The average Bonchev–Trinajstić information content (AvgIpc) is 2.40. The maximum Gasteiger partial charge on any atom is 0.0352 e. The number of piperazine rings is 1. The second kappa shape index (κ2) is 7.21. The Morgan fingerprint density at radius 3 is 2.42 bits per heavy atom. The zero-order valence-corrected chi connectivity index (χ0v) is 14.8. The number of hydrogen-bond donors (Lipinski definition) is 1. The highest BCUT2D eigenvalue weighted by Crippen LogP contribution is 2.32. The van der Waals surface area contributed by atoms with Crippen molar-refractivity contribution in [2.24, 2.45) is 5.92 Å². The Kier molecular flexibility index (Phi) is 5.87. The lowest BCUT2D eigenvalue weighted by Crippen LogP contribution is -2.45. The third-order valence-corrected chi connectivity index (χ3v) is 5.50. The van der Waals surface area contributed by atoms with Gasteiger partial charge in [-0.3, -0.25) is 4.90 Å². The van der Waals surface area contributed by atoms with E-state index < -0.39 is 0 Å². The zero-order chi connectivity index (χ0) is 13.8. The number of benzene rings is 1. The zero-order valence-electron chi connectivity index (χ0n) is 11.6. The summed E-state index contributed by atoms with van der Waals surface area (Å²) in [6, 6.07) is 7.20. The van der Waals surface area contributed by atoms with Crippen molar-refractivity contribution in [2.75, 3.05) is 26.2 Å². The second-order valence-electron chi connectivity index (χ2n) is 5.60. The van der Waals surface area contributed by atoms with Crippen molar-refractivity contribution in [1.82, 2.24) is 10.2 Å². The molecule has 4 heteroatoms. The Bertz CT molecular complexity index is 415. The molecule has 2 nitrogen and oxygen atoms in total. The predicted molar refractivity (Wildman–Crippen MR) is 88.5 cm³/mol. The largest absolute Gasteiger partial charge is 0.314 e. The second-order valence-corrected chi connectivity index (χ2v) is 7.31. The first kappa shape index (κ1) is 15.5. The van der Waals surface area contributed by atoms with Crippen LogP contribution >= 0.6 is 31.9 Å². The molecular formula is C15H22Br2N2. The molecule has 1 saturated heterocycles. The van der Waals surface area contributed by atoms with Gasteiger partial charge in [-0.1, -0.05) is 19.9 Å². The summed E-state index contributed by atoms with van der Waals surface area (Å²) in [5, 5.41) is 3.44. The molecule has 0 saturated carbocycles. The molecule has 19 heavy (non-hydrogen) atoms. The van der Waals surface area contributed by atoms with Crippen molar-refractivity contribution in [1.29, 1.82) is 0 Å². The Balaban J connectivity index is 2.22. The molecule has 0 spiro atoms. The van der Waals surface area contributed by atoms with Gasteiger partial charge >= 0.3 is 0 Å². The Hall–Kier alpha value is 0.1000. The maximum atomic E-state index is 3.63. The molecule has 0 amide bonds. The van der Waals surface area contributed by atoms with Crippen LogP contribution in [0.5, 0.6) is 0 Å². The van der Waals surface area contributed by atoms with Gasteiger partial charge in [-0.05, 0) is 61.9 Å². The molecule has 1 heterocycles. The minimum Gasteiger partial charge on any atom is -0.314 e. The first-order valence-electron chi connectivity index (χ1n) is 6.97. The predicted octanol–water partition coefficient (Wildman–Crippen LogP) is 4.20. The van der Waals surface area contributed by atoms with Crippen LogP contribution in [-0.2, 0) is 0 Å². The van der Waals surface area contributed by atoms with Gasteiger partial charge in [0.2, 0.25) is 0 Å². The molecule has 0 aromatic heterocycles. The molecule has 106 valence electrons. The van der Waals surface area contributed by atoms with E-state index in [0.717, 1.165) is 35.1 Å². The van der Waals surface area contributed by atoms with E-state index in [2.05, 4.69) is 74.1 Å². The quantitative estimate of drug-likeness (QED) is 0.829. The first-order chi connectivity index (χ1) is 9.08. The van der Waals surface area contributed by atoms with Crippen LogP contribution in [0.3, 0.4) is 0 Å². The number of nitrogens with zero attached hydrogens (tertiary/aromatic N) is 1. The van der Waals surface area contributed by atoms with Crippen LogP contribution in [0.25, 0.3) is 0 Å². The van der Waals surface area contributed by atoms with Crippen LogP contribution in [0.15, 0.2) is 27.1 Å². The van der Waals surface area contributed by atoms with E-state index in [-0.39, 0.29) is 0 Å². The first-order valence-corrected chi connectivity index (χ1v) is 8.56. The summed E-state index contributed by atoms with van der Waals surface area (Å²) in [4.78, 5) is 2.62. The molecule has 1 fully saturated rings. The van der Waals surface area contributed by atoms with Gasteiger partial charge in [-0.15, -0.1) is 0 Å². The van der Waals surface area contributed by atoms with E-state index in [1.165, 1.54) is 12.0 Å². The molecule has 0 bridgehead atoms. The van der Waals surface area contributed by atoms with E-state index >= 15 is 0 Å². The van der Waals surface area contributed by atoms with Crippen molar-refractivity contribution in [3.05, 3.63) is 32.7 Å². The lowest BCUT2D eigenvalue weighted by Gasteiger charge is -2.36. The van der Waals surface area contributed by atoms with Crippen LogP contribution in [0.1, 0.15) is 31.9 Å². The third-order valence-electron chi connectivity index (χ3n) is 3.62. The fourth-order valence-corrected chi connectivity index (χ4v) is 3.30. The molecule has 1 N–H and O–H groups in total. The van der Waals surface area contributed by atoms with Crippen LogP contribution in [0.4, 0.5) is 0 Å². The van der Waals surface area contributed by atoms with E-state index in [1.807, 2.05) is 0 Å². The molecule has 1 aromatic carbocycles. The molecule has 0 unspecified atom stereocenters. The number of nitrogens with one attached hydrogen (secondary N) is 1.